The van der Waals surface area contributed by atoms with Crippen LogP contribution in [0.5, 0.6) is 0 Å². The predicted octanol–water partition coefficient (Wildman–Crippen LogP) is 2.82. The first-order valence-electron chi connectivity index (χ1n) is 6.53. The highest BCUT2D eigenvalue weighted by atomic mass is 19.1. The van der Waals surface area contributed by atoms with Crippen molar-refractivity contribution in [1.82, 2.24) is 10.3 Å². The summed E-state index contributed by atoms with van der Waals surface area (Å²) in [5, 5.41) is 3.67. The molecular weight excluding hydrogens is 269 g/mol. The number of halogens is 1. The third kappa shape index (κ3) is 2.72. The first-order chi connectivity index (χ1) is 10.1. The summed E-state index contributed by atoms with van der Waals surface area (Å²) in [6, 6.07) is 13.3. The van der Waals surface area contributed by atoms with Crippen molar-refractivity contribution >= 4 is 22.5 Å². The number of nitrogens with one attached hydrogen (secondary N) is 2. The molecule has 0 atom stereocenters. The van der Waals surface area contributed by atoms with Gasteiger partial charge in [0.2, 0.25) is 0 Å². The summed E-state index contributed by atoms with van der Waals surface area (Å²) in [6.07, 6.45) is 0. The molecule has 106 valence electrons. The Labute approximate surface area is 120 Å². The quantitative estimate of drug-likeness (QED) is 0.647. The normalized spacial score (nSPS) is 10.7. The zero-order valence-electron chi connectivity index (χ0n) is 11.2. The van der Waals surface area contributed by atoms with Crippen molar-refractivity contribution in [3.05, 3.63) is 65.6 Å². The summed E-state index contributed by atoms with van der Waals surface area (Å²) in [5.74, 6) is -0.522. The number of aromatic amines is 1. The van der Waals surface area contributed by atoms with Gasteiger partial charge < -0.3 is 16.0 Å². The number of fused-ring (bicyclic) bond motifs is 1. The zero-order chi connectivity index (χ0) is 14.8. The third-order valence-electron chi connectivity index (χ3n) is 3.30. The Bertz CT molecular complexity index is 793. The molecule has 0 aliphatic carbocycles. The lowest BCUT2D eigenvalue weighted by molar-refractivity contribution is 0.0947. The number of benzene rings is 2. The van der Waals surface area contributed by atoms with Crippen LogP contribution in [0.2, 0.25) is 0 Å². The van der Waals surface area contributed by atoms with E-state index in [0.29, 0.717) is 17.9 Å². The van der Waals surface area contributed by atoms with Crippen LogP contribution in [-0.4, -0.2) is 10.9 Å². The summed E-state index contributed by atoms with van der Waals surface area (Å²) < 4.78 is 12.8. The van der Waals surface area contributed by atoms with Crippen molar-refractivity contribution < 1.29 is 9.18 Å². The molecular formula is C16H14FN3O. The Morgan fingerprint density at radius 3 is 2.67 bits per heavy atom. The van der Waals surface area contributed by atoms with Gasteiger partial charge in [-0.2, -0.15) is 0 Å². The molecule has 0 bridgehead atoms. The van der Waals surface area contributed by atoms with E-state index in [2.05, 4.69) is 10.3 Å². The molecule has 0 aliphatic rings. The van der Waals surface area contributed by atoms with Gasteiger partial charge in [-0.25, -0.2) is 4.39 Å². The van der Waals surface area contributed by atoms with Gasteiger partial charge in [-0.3, -0.25) is 4.79 Å². The van der Waals surface area contributed by atoms with Crippen molar-refractivity contribution in [2.24, 2.45) is 0 Å². The Kier molecular flexibility index (Phi) is 3.31. The lowest BCUT2D eigenvalue weighted by atomic mass is 10.2. The van der Waals surface area contributed by atoms with Gasteiger partial charge in [0, 0.05) is 11.9 Å². The highest BCUT2D eigenvalue weighted by molar-refractivity contribution is 6.00. The largest absolute Gasteiger partial charge is 0.397 e. The van der Waals surface area contributed by atoms with Gasteiger partial charge in [0.15, 0.2) is 0 Å². The van der Waals surface area contributed by atoms with Gasteiger partial charge in [0.05, 0.1) is 11.2 Å². The second-order valence-electron chi connectivity index (χ2n) is 4.80. The first kappa shape index (κ1) is 13.2. The standard InChI is InChI=1S/C16H14FN3O/c17-12-6-4-10(5-7-12)9-19-16(21)14-8-11-2-1-3-13(18)15(11)20-14/h1-8,20H,9,18H2,(H,19,21). The number of para-hydroxylation sites is 1. The van der Waals surface area contributed by atoms with Crippen molar-refractivity contribution in [2.75, 3.05) is 5.73 Å². The maximum atomic E-state index is 12.8. The van der Waals surface area contributed by atoms with Crippen molar-refractivity contribution in [3.8, 4) is 0 Å². The molecule has 5 heteroatoms. The minimum atomic E-state index is -0.295. The lowest BCUT2D eigenvalue weighted by Crippen LogP contribution is -2.23. The predicted molar refractivity (Wildman–Crippen MR) is 80.3 cm³/mol. The van der Waals surface area contributed by atoms with Crippen molar-refractivity contribution in [1.29, 1.82) is 0 Å². The number of aromatic nitrogens is 1. The SMILES string of the molecule is Nc1cccc2cc(C(=O)NCc3ccc(F)cc3)[nH]c12. The van der Waals surface area contributed by atoms with E-state index < -0.39 is 0 Å². The smallest absolute Gasteiger partial charge is 0.267 e. The second kappa shape index (κ2) is 5.28. The number of rotatable bonds is 3. The number of amides is 1. The minimum Gasteiger partial charge on any atom is -0.397 e. The molecule has 0 saturated heterocycles. The van der Waals surface area contributed by atoms with Gasteiger partial charge in [-0.05, 0) is 29.8 Å². The highest BCUT2D eigenvalue weighted by Crippen LogP contribution is 2.21. The number of carbonyl (C=O) groups excluding carboxylic acids is 1. The van der Waals surface area contributed by atoms with Gasteiger partial charge in [0.1, 0.15) is 11.5 Å². The molecule has 0 radical (unpaired) electrons. The zero-order valence-corrected chi connectivity index (χ0v) is 11.2. The van der Waals surface area contributed by atoms with E-state index in [9.17, 15) is 9.18 Å². The van der Waals surface area contributed by atoms with E-state index in [1.807, 2.05) is 12.1 Å². The molecule has 0 unspecified atom stereocenters. The first-order valence-corrected chi connectivity index (χ1v) is 6.53. The fraction of sp³-hybridized carbons (Fsp3) is 0.0625. The molecule has 4 nitrogen and oxygen atoms in total. The molecule has 2 aromatic carbocycles. The average molecular weight is 283 g/mol. The van der Waals surface area contributed by atoms with Crippen LogP contribution in [0.3, 0.4) is 0 Å². The number of nitrogen functional groups attached to an aromatic ring is 1. The molecule has 3 rings (SSSR count). The third-order valence-corrected chi connectivity index (χ3v) is 3.30. The Morgan fingerprint density at radius 2 is 1.95 bits per heavy atom. The highest BCUT2D eigenvalue weighted by Gasteiger charge is 2.10. The number of nitrogens with two attached hydrogens (primary N) is 1. The summed E-state index contributed by atoms with van der Waals surface area (Å²) in [5.41, 5.74) is 8.49. The molecule has 0 fully saturated rings. The lowest BCUT2D eigenvalue weighted by Gasteiger charge is -2.03. The van der Waals surface area contributed by atoms with Gasteiger partial charge in [-0.1, -0.05) is 24.3 Å². The second-order valence-corrected chi connectivity index (χ2v) is 4.80. The molecule has 1 amide bonds. The van der Waals surface area contributed by atoms with Crippen LogP contribution >= 0.6 is 0 Å². The van der Waals surface area contributed by atoms with Crippen LogP contribution in [-0.2, 0) is 6.54 Å². The fourth-order valence-electron chi connectivity index (χ4n) is 2.18. The van der Waals surface area contributed by atoms with Crippen LogP contribution in [0, 0.1) is 5.82 Å². The van der Waals surface area contributed by atoms with Crippen LogP contribution in [0.25, 0.3) is 10.9 Å². The molecule has 1 aromatic heterocycles. The van der Waals surface area contributed by atoms with Crippen LogP contribution < -0.4 is 11.1 Å². The summed E-state index contributed by atoms with van der Waals surface area (Å²) >= 11 is 0. The number of anilines is 1. The molecule has 1 heterocycles. The molecule has 4 N–H and O–H groups in total. The van der Waals surface area contributed by atoms with Gasteiger partial charge in [0.25, 0.3) is 5.91 Å². The number of carbonyl (C=O) groups is 1. The van der Waals surface area contributed by atoms with Gasteiger partial charge in [-0.15, -0.1) is 0 Å². The topological polar surface area (TPSA) is 70.9 Å². The number of hydrogen-bond donors (Lipinski definition) is 3. The minimum absolute atomic E-state index is 0.227. The number of hydrogen-bond acceptors (Lipinski definition) is 2. The summed E-state index contributed by atoms with van der Waals surface area (Å²) in [4.78, 5) is 15.1. The number of H-pyrrole nitrogens is 1. The molecule has 0 aliphatic heterocycles. The fourth-order valence-corrected chi connectivity index (χ4v) is 2.18. The maximum Gasteiger partial charge on any atom is 0.267 e. The van der Waals surface area contributed by atoms with E-state index in [0.717, 1.165) is 16.5 Å². The van der Waals surface area contributed by atoms with E-state index >= 15 is 0 Å². The van der Waals surface area contributed by atoms with E-state index in [-0.39, 0.29) is 11.7 Å². The monoisotopic (exact) mass is 283 g/mol. The summed E-state index contributed by atoms with van der Waals surface area (Å²) in [7, 11) is 0. The molecule has 3 aromatic rings. The summed E-state index contributed by atoms with van der Waals surface area (Å²) in [6.45, 7) is 0.337. The molecule has 21 heavy (non-hydrogen) atoms. The Balaban J connectivity index is 1.75. The van der Waals surface area contributed by atoms with E-state index in [1.54, 1.807) is 24.3 Å². The average Bonchev–Trinajstić information content (AvgIpc) is 2.92. The molecule has 0 spiro atoms. The van der Waals surface area contributed by atoms with Crippen LogP contribution in [0.4, 0.5) is 10.1 Å². The van der Waals surface area contributed by atoms with Crippen LogP contribution in [0.15, 0.2) is 48.5 Å². The van der Waals surface area contributed by atoms with Gasteiger partial charge >= 0.3 is 0 Å². The van der Waals surface area contributed by atoms with E-state index in [4.69, 9.17) is 5.73 Å². The maximum absolute atomic E-state index is 12.8. The van der Waals surface area contributed by atoms with Crippen molar-refractivity contribution in [3.63, 3.8) is 0 Å². The van der Waals surface area contributed by atoms with Crippen molar-refractivity contribution in [2.45, 2.75) is 6.54 Å². The van der Waals surface area contributed by atoms with Crippen LogP contribution in [0.1, 0.15) is 16.1 Å². The Hall–Kier alpha value is -2.82. The molecule has 0 saturated carbocycles. The van der Waals surface area contributed by atoms with E-state index in [1.165, 1.54) is 12.1 Å². The Morgan fingerprint density at radius 1 is 1.19 bits per heavy atom.